The number of hydrogen-bond donors (Lipinski definition) is 1. The van der Waals surface area contributed by atoms with E-state index in [1.807, 2.05) is 11.7 Å². The van der Waals surface area contributed by atoms with Crippen LogP contribution in [0.4, 0.5) is 0 Å². The van der Waals surface area contributed by atoms with E-state index in [-0.39, 0.29) is 6.04 Å². The minimum Gasteiger partial charge on any atom is -0.322 e. The van der Waals surface area contributed by atoms with Gasteiger partial charge >= 0.3 is 0 Å². The van der Waals surface area contributed by atoms with Crippen molar-refractivity contribution in [3.05, 3.63) is 65.5 Å². The Hall–Kier alpha value is -2.13. The van der Waals surface area contributed by atoms with Crippen LogP contribution in [0, 0.1) is 0 Å². The molecule has 0 spiro atoms. The molecule has 2 aromatic carbocycles. The number of fused-ring (bicyclic) bond motifs is 1. The summed E-state index contributed by atoms with van der Waals surface area (Å²) < 4.78 is 1.91. The second kappa shape index (κ2) is 5.70. The number of nitrogens with zero attached hydrogens (tertiary/aromatic N) is 2. The molecule has 0 fully saturated rings. The van der Waals surface area contributed by atoms with Crippen LogP contribution in [-0.4, -0.2) is 9.78 Å². The Bertz CT molecular complexity index is 753. The number of benzene rings is 2. The Balaban J connectivity index is 1.92. The van der Waals surface area contributed by atoms with Gasteiger partial charge in [-0.2, -0.15) is 5.10 Å². The molecular weight excluding hydrogens is 258 g/mol. The fourth-order valence-corrected chi connectivity index (χ4v) is 2.88. The number of nitrogens with two attached hydrogens (primary N) is 1. The highest BCUT2D eigenvalue weighted by Gasteiger charge is 2.14. The Labute approximate surface area is 125 Å². The van der Waals surface area contributed by atoms with Gasteiger partial charge in [-0.3, -0.25) is 4.68 Å². The molecule has 3 nitrogen and oxygen atoms in total. The quantitative estimate of drug-likeness (QED) is 0.795. The second-order valence-corrected chi connectivity index (χ2v) is 5.49. The predicted molar refractivity (Wildman–Crippen MR) is 87.2 cm³/mol. The van der Waals surface area contributed by atoms with Crippen molar-refractivity contribution in [2.45, 2.75) is 25.8 Å². The molecule has 3 heteroatoms. The summed E-state index contributed by atoms with van der Waals surface area (Å²) in [6.07, 6.45) is 1.76. The zero-order chi connectivity index (χ0) is 14.8. The second-order valence-electron chi connectivity index (χ2n) is 5.49. The summed E-state index contributed by atoms with van der Waals surface area (Å²) in [5, 5.41) is 7.04. The third-order valence-corrected chi connectivity index (χ3v) is 4.03. The molecule has 21 heavy (non-hydrogen) atoms. The molecule has 0 saturated carbocycles. The lowest BCUT2D eigenvalue weighted by Crippen LogP contribution is -2.17. The molecule has 0 amide bonds. The van der Waals surface area contributed by atoms with E-state index in [0.717, 1.165) is 24.2 Å². The molecule has 0 aliphatic rings. The molecule has 2 N–H and O–H groups in total. The van der Waals surface area contributed by atoms with Crippen molar-refractivity contribution >= 4 is 10.8 Å². The average Bonchev–Trinajstić information content (AvgIpc) is 2.89. The Morgan fingerprint density at radius 2 is 1.90 bits per heavy atom. The zero-order valence-electron chi connectivity index (χ0n) is 12.6. The van der Waals surface area contributed by atoms with E-state index in [2.05, 4.69) is 60.6 Å². The van der Waals surface area contributed by atoms with Crippen molar-refractivity contribution in [1.29, 1.82) is 0 Å². The van der Waals surface area contributed by atoms with Gasteiger partial charge in [-0.15, -0.1) is 0 Å². The molecule has 0 aliphatic heterocycles. The third-order valence-electron chi connectivity index (χ3n) is 4.03. The average molecular weight is 279 g/mol. The van der Waals surface area contributed by atoms with Gasteiger partial charge in [0.05, 0.1) is 17.4 Å². The molecule has 1 heterocycles. The Morgan fingerprint density at radius 1 is 1.14 bits per heavy atom. The van der Waals surface area contributed by atoms with E-state index in [4.69, 9.17) is 5.73 Å². The van der Waals surface area contributed by atoms with Crippen LogP contribution in [0.1, 0.15) is 29.9 Å². The van der Waals surface area contributed by atoms with Crippen LogP contribution in [0.3, 0.4) is 0 Å². The monoisotopic (exact) mass is 279 g/mol. The van der Waals surface area contributed by atoms with E-state index >= 15 is 0 Å². The third kappa shape index (κ3) is 2.69. The molecule has 0 saturated heterocycles. The predicted octanol–water partition coefficient (Wildman–Crippen LogP) is 3.38. The fraction of sp³-hybridized carbons (Fsp3) is 0.278. The van der Waals surface area contributed by atoms with Crippen molar-refractivity contribution in [2.75, 3.05) is 0 Å². The highest BCUT2D eigenvalue weighted by Crippen LogP contribution is 2.23. The zero-order valence-corrected chi connectivity index (χ0v) is 12.6. The lowest BCUT2D eigenvalue weighted by molar-refractivity contribution is 0.615. The lowest BCUT2D eigenvalue weighted by atomic mass is 9.97. The maximum absolute atomic E-state index is 6.43. The fourth-order valence-electron chi connectivity index (χ4n) is 2.88. The van der Waals surface area contributed by atoms with Gasteiger partial charge in [0.2, 0.25) is 0 Å². The van der Waals surface area contributed by atoms with Crippen molar-refractivity contribution in [3.63, 3.8) is 0 Å². The normalized spacial score (nSPS) is 12.7. The Kier molecular flexibility index (Phi) is 3.76. The highest BCUT2D eigenvalue weighted by molar-refractivity contribution is 5.85. The van der Waals surface area contributed by atoms with Crippen LogP contribution in [0.25, 0.3) is 10.8 Å². The van der Waals surface area contributed by atoms with E-state index < -0.39 is 0 Å². The van der Waals surface area contributed by atoms with Gasteiger partial charge in [0.1, 0.15) is 0 Å². The van der Waals surface area contributed by atoms with Gasteiger partial charge in [-0.1, -0.05) is 49.4 Å². The van der Waals surface area contributed by atoms with Crippen molar-refractivity contribution in [2.24, 2.45) is 12.8 Å². The molecule has 0 aliphatic carbocycles. The summed E-state index contributed by atoms with van der Waals surface area (Å²) in [5.41, 5.74) is 9.91. The number of rotatable bonds is 4. The molecule has 3 rings (SSSR count). The van der Waals surface area contributed by atoms with Crippen LogP contribution < -0.4 is 5.73 Å². The summed E-state index contributed by atoms with van der Waals surface area (Å²) in [6.45, 7) is 2.11. The molecule has 0 bridgehead atoms. The topological polar surface area (TPSA) is 43.8 Å². The summed E-state index contributed by atoms with van der Waals surface area (Å²) in [6, 6.07) is 17.0. The summed E-state index contributed by atoms with van der Waals surface area (Å²) in [4.78, 5) is 0. The van der Waals surface area contributed by atoms with Crippen LogP contribution in [-0.2, 0) is 19.9 Å². The first-order valence-electron chi connectivity index (χ1n) is 7.44. The SMILES string of the molecule is CCc1cc(C(N)Cc2cccc3ccccc23)n(C)n1. The van der Waals surface area contributed by atoms with Gasteiger partial charge in [0, 0.05) is 7.05 Å². The van der Waals surface area contributed by atoms with E-state index in [1.54, 1.807) is 0 Å². The van der Waals surface area contributed by atoms with Gasteiger partial charge in [0.25, 0.3) is 0 Å². The first-order valence-corrected chi connectivity index (χ1v) is 7.44. The van der Waals surface area contributed by atoms with Crippen molar-refractivity contribution in [1.82, 2.24) is 9.78 Å². The van der Waals surface area contributed by atoms with Crippen LogP contribution in [0.15, 0.2) is 48.5 Å². The first-order chi connectivity index (χ1) is 10.2. The van der Waals surface area contributed by atoms with Gasteiger partial charge in [-0.05, 0) is 35.2 Å². The maximum Gasteiger partial charge on any atom is 0.0625 e. The van der Waals surface area contributed by atoms with E-state index in [1.165, 1.54) is 16.3 Å². The minimum atomic E-state index is -0.0337. The maximum atomic E-state index is 6.43. The summed E-state index contributed by atoms with van der Waals surface area (Å²) >= 11 is 0. The molecular formula is C18H21N3. The van der Waals surface area contributed by atoms with Gasteiger partial charge in [0.15, 0.2) is 0 Å². The van der Waals surface area contributed by atoms with Crippen LogP contribution in [0.5, 0.6) is 0 Å². The lowest BCUT2D eigenvalue weighted by Gasteiger charge is -2.14. The number of aromatic nitrogens is 2. The highest BCUT2D eigenvalue weighted by atomic mass is 15.3. The largest absolute Gasteiger partial charge is 0.322 e. The van der Waals surface area contributed by atoms with Crippen LogP contribution in [0.2, 0.25) is 0 Å². The van der Waals surface area contributed by atoms with E-state index in [0.29, 0.717) is 0 Å². The molecule has 0 radical (unpaired) electrons. The van der Waals surface area contributed by atoms with E-state index in [9.17, 15) is 0 Å². The van der Waals surface area contributed by atoms with Crippen molar-refractivity contribution < 1.29 is 0 Å². The summed E-state index contributed by atoms with van der Waals surface area (Å²) in [5.74, 6) is 0. The van der Waals surface area contributed by atoms with Crippen molar-refractivity contribution in [3.8, 4) is 0 Å². The smallest absolute Gasteiger partial charge is 0.0625 e. The number of aryl methyl sites for hydroxylation is 2. The van der Waals surface area contributed by atoms with Gasteiger partial charge in [-0.25, -0.2) is 0 Å². The first kappa shape index (κ1) is 13.8. The van der Waals surface area contributed by atoms with Gasteiger partial charge < -0.3 is 5.73 Å². The molecule has 3 aromatic rings. The standard InChI is InChI=1S/C18H21N3/c1-3-15-12-18(21(2)20-15)17(19)11-14-9-6-8-13-7-4-5-10-16(13)14/h4-10,12,17H,3,11,19H2,1-2H3. The summed E-state index contributed by atoms with van der Waals surface area (Å²) in [7, 11) is 1.97. The molecule has 108 valence electrons. The minimum absolute atomic E-state index is 0.0337. The van der Waals surface area contributed by atoms with Crippen LogP contribution >= 0.6 is 0 Å². The number of hydrogen-bond acceptors (Lipinski definition) is 2. The Morgan fingerprint density at radius 3 is 2.67 bits per heavy atom. The molecule has 1 aromatic heterocycles. The molecule has 1 unspecified atom stereocenters. The molecule has 1 atom stereocenters.